The number of carbonyl (C=O) groups is 1. The van der Waals surface area contributed by atoms with Gasteiger partial charge in [0.1, 0.15) is 6.33 Å². The van der Waals surface area contributed by atoms with Crippen molar-refractivity contribution in [1.29, 1.82) is 0 Å². The lowest BCUT2D eigenvalue weighted by molar-refractivity contribution is 0.108. The number of nitrogens with zero attached hydrogens (tertiary/aromatic N) is 4. The van der Waals surface area contributed by atoms with E-state index in [1.807, 2.05) is 35.2 Å². The van der Waals surface area contributed by atoms with E-state index in [0.717, 1.165) is 31.0 Å². The molecule has 25 heavy (non-hydrogen) atoms. The van der Waals surface area contributed by atoms with Crippen LogP contribution in [-0.4, -0.2) is 38.8 Å². The largest absolute Gasteiger partial charge is 0.324 e. The Kier molecular flexibility index (Phi) is 4.68. The zero-order chi connectivity index (χ0) is 17.1. The summed E-state index contributed by atoms with van der Waals surface area (Å²) in [7, 11) is 0. The van der Waals surface area contributed by atoms with E-state index < -0.39 is 0 Å². The average molecular weight is 339 g/mol. The molecule has 2 heterocycles. The molecule has 6 heteroatoms. The Morgan fingerprint density at radius 2 is 1.92 bits per heavy atom. The summed E-state index contributed by atoms with van der Waals surface area (Å²) in [5, 5.41) is 7.23. The van der Waals surface area contributed by atoms with Gasteiger partial charge in [0.25, 0.3) is 0 Å². The third-order valence-electron chi connectivity index (χ3n) is 5.52. The molecule has 2 atom stereocenters. The number of hydrogen-bond donors (Lipinski definition) is 1. The van der Waals surface area contributed by atoms with Crippen molar-refractivity contribution in [3.05, 3.63) is 42.2 Å². The van der Waals surface area contributed by atoms with E-state index in [1.165, 1.54) is 25.7 Å². The molecule has 1 saturated heterocycles. The zero-order valence-corrected chi connectivity index (χ0v) is 14.5. The van der Waals surface area contributed by atoms with Gasteiger partial charge in [-0.3, -0.25) is 5.32 Å². The van der Waals surface area contributed by atoms with E-state index in [4.69, 9.17) is 0 Å². The maximum absolute atomic E-state index is 12.5. The minimum atomic E-state index is -0.0681. The van der Waals surface area contributed by atoms with Crippen molar-refractivity contribution >= 4 is 12.0 Å². The Morgan fingerprint density at radius 1 is 1.12 bits per heavy atom. The standard InChI is InChI=1S/C19H25N5O/c25-19(23-11-10-16-8-4-5-9-17(16)13-23)21-18-20-14-24(22-18)12-15-6-2-1-3-7-15/h1-3,6-7,14,16-17H,4-5,8-13H2,(H,21,22,25)/t16-,17-/m1/s1. The number of nitrogens with one attached hydrogen (secondary N) is 1. The van der Waals surface area contributed by atoms with Crippen molar-refractivity contribution in [2.24, 2.45) is 11.8 Å². The van der Waals surface area contributed by atoms with Gasteiger partial charge in [0.15, 0.2) is 0 Å². The highest BCUT2D eigenvalue weighted by Gasteiger charge is 2.33. The fourth-order valence-corrected chi connectivity index (χ4v) is 4.16. The van der Waals surface area contributed by atoms with Crippen LogP contribution in [0.15, 0.2) is 36.7 Å². The number of likely N-dealkylation sites (tertiary alicyclic amines) is 1. The molecule has 1 aromatic carbocycles. The lowest BCUT2D eigenvalue weighted by Crippen LogP contribution is -2.46. The molecule has 0 unspecified atom stereocenters. The first-order valence-corrected chi connectivity index (χ1v) is 9.27. The smallest absolute Gasteiger partial charge is 0.324 e. The zero-order valence-electron chi connectivity index (χ0n) is 14.5. The molecule has 0 bridgehead atoms. The van der Waals surface area contributed by atoms with Crippen LogP contribution in [-0.2, 0) is 6.54 Å². The average Bonchev–Trinajstić information content (AvgIpc) is 3.09. The summed E-state index contributed by atoms with van der Waals surface area (Å²) in [6, 6.07) is 10.0. The van der Waals surface area contributed by atoms with Crippen LogP contribution < -0.4 is 5.32 Å². The SMILES string of the molecule is O=C(Nc1ncn(Cc2ccccc2)n1)N1CC[C@H]2CCCC[C@@H]2C1. The molecule has 1 aromatic heterocycles. The number of aromatic nitrogens is 3. The summed E-state index contributed by atoms with van der Waals surface area (Å²) in [4.78, 5) is 18.7. The highest BCUT2D eigenvalue weighted by Crippen LogP contribution is 2.36. The number of benzene rings is 1. The van der Waals surface area contributed by atoms with Gasteiger partial charge in [-0.1, -0.05) is 49.6 Å². The van der Waals surface area contributed by atoms with E-state index >= 15 is 0 Å². The highest BCUT2D eigenvalue weighted by atomic mass is 16.2. The topological polar surface area (TPSA) is 63.1 Å². The van der Waals surface area contributed by atoms with Gasteiger partial charge < -0.3 is 4.90 Å². The molecule has 1 aliphatic carbocycles. The predicted molar refractivity (Wildman–Crippen MR) is 96.2 cm³/mol. The number of urea groups is 1. The second-order valence-electron chi connectivity index (χ2n) is 7.22. The lowest BCUT2D eigenvalue weighted by atomic mass is 9.75. The maximum Gasteiger partial charge on any atom is 0.324 e. The van der Waals surface area contributed by atoms with Gasteiger partial charge >= 0.3 is 6.03 Å². The van der Waals surface area contributed by atoms with Crippen molar-refractivity contribution < 1.29 is 4.79 Å². The van der Waals surface area contributed by atoms with Crippen LogP contribution in [0.1, 0.15) is 37.7 Å². The van der Waals surface area contributed by atoms with Gasteiger partial charge in [-0.15, -0.1) is 5.10 Å². The Balaban J connectivity index is 1.33. The monoisotopic (exact) mass is 339 g/mol. The first-order valence-electron chi connectivity index (χ1n) is 9.27. The van der Waals surface area contributed by atoms with Crippen LogP contribution in [0, 0.1) is 11.8 Å². The van der Waals surface area contributed by atoms with Crippen LogP contribution in [0.3, 0.4) is 0 Å². The Morgan fingerprint density at radius 3 is 2.76 bits per heavy atom. The van der Waals surface area contributed by atoms with Gasteiger partial charge in [-0.25, -0.2) is 14.5 Å². The molecule has 132 valence electrons. The number of rotatable bonds is 3. The van der Waals surface area contributed by atoms with Crippen molar-refractivity contribution in [3.63, 3.8) is 0 Å². The molecular formula is C19H25N5O. The van der Waals surface area contributed by atoms with Crippen LogP contribution >= 0.6 is 0 Å². The molecular weight excluding hydrogens is 314 g/mol. The summed E-state index contributed by atoms with van der Waals surface area (Å²) in [5.74, 6) is 1.88. The van der Waals surface area contributed by atoms with Gasteiger partial charge in [0, 0.05) is 13.1 Å². The lowest BCUT2D eigenvalue weighted by Gasteiger charge is -2.41. The van der Waals surface area contributed by atoms with Crippen LogP contribution in [0.5, 0.6) is 0 Å². The quantitative estimate of drug-likeness (QED) is 0.932. The molecule has 2 fully saturated rings. The fourth-order valence-electron chi connectivity index (χ4n) is 4.16. The van der Waals surface area contributed by atoms with Gasteiger partial charge in [-0.2, -0.15) is 0 Å². The Hall–Kier alpha value is -2.37. The molecule has 6 nitrogen and oxygen atoms in total. The number of piperidine rings is 1. The highest BCUT2D eigenvalue weighted by molar-refractivity contribution is 5.87. The fraction of sp³-hybridized carbons (Fsp3) is 0.526. The molecule has 1 N–H and O–H groups in total. The molecule has 2 amide bonds. The number of carbonyl (C=O) groups excluding carboxylic acids is 1. The summed E-state index contributed by atoms with van der Waals surface area (Å²) >= 11 is 0. The summed E-state index contributed by atoms with van der Waals surface area (Å²) in [6.45, 7) is 2.37. The molecule has 4 rings (SSSR count). The van der Waals surface area contributed by atoms with E-state index in [1.54, 1.807) is 11.0 Å². The van der Waals surface area contributed by atoms with E-state index in [-0.39, 0.29) is 6.03 Å². The van der Waals surface area contributed by atoms with E-state index in [2.05, 4.69) is 15.4 Å². The summed E-state index contributed by atoms with van der Waals surface area (Å²) < 4.78 is 1.75. The van der Waals surface area contributed by atoms with Crippen LogP contribution in [0.4, 0.5) is 10.7 Å². The third kappa shape index (κ3) is 3.83. The molecule has 1 aliphatic heterocycles. The van der Waals surface area contributed by atoms with Crippen molar-refractivity contribution in [3.8, 4) is 0 Å². The Labute approximate surface area is 148 Å². The molecule has 2 aromatic rings. The minimum absolute atomic E-state index is 0.0681. The van der Waals surface area contributed by atoms with Crippen molar-refractivity contribution in [2.45, 2.75) is 38.6 Å². The van der Waals surface area contributed by atoms with Crippen molar-refractivity contribution in [2.75, 3.05) is 18.4 Å². The second kappa shape index (κ2) is 7.25. The van der Waals surface area contributed by atoms with Gasteiger partial charge in [-0.05, 0) is 30.2 Å². The maximum atomic E-state index is 12.5. The minimum Gasteiger partial charge on any atom is -0.324 e. The first-order chi connectivity index (χ1) is 12.3. The number of hydrogen-bond acceptors (Lipinski definition) is 3. The molecule has 0 spiro atoms. The van der Waals surface area contributed by atoms with E-state index in [9.17, 15) is 4.79 Å². The van der Waals surface area contributed by atoms with E-state index in [0.29, 0.717) is 18.4 Å². The predicted octanol–water partition coefficient (Wildman–Crippen LogP) is 3.37. The summed E-state index contributed by atoms with van der Waals surface area (Å²) in [6.07, 6.45) is 8.06. The second-order valence-corrected chi connectivity index (χ2v) is 7.22. The first kappa shape index (κ1) is 16.1. The van der Waals surface area contributed by atoms with Crippen LogP contribution in [0.25, 0.3) is 0 Å². The number of amides is 2. The molecule has 0 radical (unpaired) electrons. The number of fused-ring (bicyclic) bond motifs is 1. The van der Waals surface area contributed by atoms with Gasteiger partial charge in [0.2, 0.25) is 5.95 Å². The molecule has 2 aliphatic rings. The normalized spacial score (nSPS) is 23.1. The van der Waals surface area contributed by atoms with Gasteiger partial charge in [0.05, 0.1) is 6.54 Å². The summed E-state index contributed by atoms with van der Waals surface area (Å²) in [5.41, 5.74) is 1.16. The number of anilines is 1. The Bertz CT molecular complexity index is 714. The van der Waals surface area contributed by atoms with Crippen molar-refractivity contribution in [1.82, 2.24) is 19.7 Å². The van der Waals surface area contributed by atoms with Crippen LogP contribution in [0.2, 0.25) is 0 Å². The molecule has 1 saturated carbocycles. The third-order valence-corrected chi connectivity index (χ3v) is 5.52.